The Labute approximate surface area is 171 Å². The van der Waals surface area contributed by atoms with Crippen LogP contribution in [0.15, 0.2) is 66.7 Å². The van der Waals surface area contributed by atoms with Gasteiger partial charge in [0.25, 0.3) is 0 Å². The van der Waals surface area contributed by atoms with Crippen LogP contribution in [0.2, 0.25) is 0 Å². The highest BCUT2D eigenvalue weighted by molar-refractivity contribution is 5.90. The van der Waals surface area contributed by atoms with E-state index >= 15 is 0 Å². The van der Waals surface area contributed by atoms with Crippen LogP contribution in [-0.2, 0) is 6.18 Å². The molecule has 0 unspecified atom stereocenters. The Kier molecular flexibility index (Phi) is 4.65. The minimum atomic E-state index is -4.60. The molecule has 0 amide bonds. The van der Waals surface area contributed by atoms with Gasteiger partial charge in [0, 0.05) is 11.4 Å². The fourth-order valence-electron chi connectivity index (χ4n) is 3.86. The number of aromatic carboxylic acids is 1. The predicted molar refractivity (Wildman–Crippen MR) is 110 cm³/mol. The second kappa shape index (κ2) is 7.06. The first-order valence-corrected chi connectivity index (χ1v) is 9.30. The van der Waals surface area contributed by atoms with Crippen molar-refractivity contribution in [2.24, 2.45) is 0 Å². The topological polar surface area (TPSA) is 42.2 Å². The molecule has 0 aliphatic rings. The summed E-state index contributed by atoms with van der Waals surface area (Å²) >= 11 is 0. The number of carboxylic acid groups (broad SMARTS) is 1. The minimum Gasteiger partial charge on any atom is -0.478 e. The molecular formula is C24H18F3NO2. The second-order valence-electron chi connectivity index (χ2n) is 7.22. The number of rotatable bonds is 3. The van der Waals surface area contributed by atoms with Crippen LogP contribution in [0.3, 0.4) is 0 Å². The van der Waals surface area contributed by atoms with Crippen molar-refractivity contribution in [2.75, 3.05) is 0 Å². The molecule has 0 spiro atoms. The molecule has 0 fully saturated rings. The number of halogens is 3. The van der Waals surface area contributed by atoms with E-state index in [0.29, 0.717) is 16.8 Å². The summed E-state index contributed by atoms with van der Waals surface area (Å²) in [5, 5.41) is 11.3. The highest BCUT2D eigenvalue weighted by Gasteiger charge is 2.35. The van der Waals surface area contributed by atoms with E-state index in [-0.39, 0.29) is 16.9 Å². The molecule has 6 heteroatoms. The van der Waals surface area contributed by atoms with Crippen LogP contribution in [0, 0.1) is 13.8 Å². The highest BCUT2D eigenvalue weighted by atomic mass is 19.4. The average Bonchev–Trinajstić information content (AvgIpc) is 3.01. The van der Waals surface area contributed by atoms with E-state index in [0.717, 1.165) is 16.8 Å². The fraction of sp³-hybridized carbons (Fsp3) is 0.125. The summed E-state index contributed by atoms with van der Waals surface area (Å²) in [7, 11) is 0. The van der Waals surface area contributed by atoms with Gasteiger partial charge >= 0.3 is 12.1 Å². The van der Waals surface area contributed by atoms with Gasteiger partial charge in [-0.05, 0) is 60.0 Å². The largest absolute Gasteiger partial charge is 0.478 e. The number of nitrogens with zero attached hydrogens (tertiary/aromatic N) is 1. The van der Waals surface area contributed by atoms with E-state index in [1.165, 1.54) is 23.6 Å². The number of aryl methyl sites for hydroxylation is 1. The van der Waals surface area contributed by atoms with Crippen molar-refractivity contribution in [1.29, 1.82) is 0 Å². The molecule has 0 saturated carbocycles. The van der Waals surface area contributed by atoms with Crippen LogP contribution in [0.25, 0.3) is 27.6 Å². The van der Waals surface area contributed by atoms with Crippen LogP contribution in [0.1, 0.15) is 27.3 Å². The van der Waals surface area contributed by atoms with E-state index < -0.39 is 17.7 Å². The lowest BCUT2D eigenvalue weighted by molar-refractivity contribution is -0.137. The lowest BCUT2D eigenvalue weighted by atomic mass is 9.98. The Morgan fingerprint density at radius 1 is 0.867 bits per heavy atom. The van der Waals surface area contributed by atoms with Gasteiger partial charge in [0.2, 0.25) is 0 Å². The summed E-state index contributed by atoms with van der Waals surface area (Å²) in [5.74, 6) is -1.17. The molecule has 0 aliphatic carbocycles. The van der Waals surface area contributed by atoms with Gasteiger partial charge in [-0.3, -0.25) is 0 Å². The van der Waals surface area contributed by atoms with Crippen molar-refractivity contribution in [3.05, 3.63) is 89.2 Å². The Morgan fingerprint density at radius 2 is 1.50 bits per heavy atom. The predicted octanol–water partition coefficient (Wildman–Crippen LogP) is 6.63. The number of alkyl halides is 3. The lowest BCUT2D eigenvalue weighted by Crippen LogP contribution is -2.13. The van der Waals surface area contributed by atoms with E-state index in [9.17, 15) is 23.1 Å². The van der Waals surface area contributed by atoms with Crippen LogP contribution >= 0.6 is 0 Å². The SMILES string of the molecule is Cc1cc(C(=O)O)c(C)n1-c1ccc(-c2ccc3ccccc3c2)cc1C(F)(F)F. The van der Waals surface area contributed by atoms with Crippen LogP contribution in [0.5, 0.6) is 0 Å². The normalized spacial score (nSPS) is 11.8. The molecule has 1 N–H and O–H groups in total. The van der Waals surface area contributed by atoms with Crippen LogP contribution in [-0.4, -0.2) is 15.6 Å². The summed E-state index contributed by atoms with van der Waals surface area (Å²) in [6.07, 6.45) is -4.60. The Bertz CT molecular complexity index is 1290. The van der Waals surface area contributed by atoms with Crippen molar-refractivity contribution in [2.45, 2.75) is 20.0 Å². The Morgan fingerprint density at radius 3 is 2.13 bits per heavy atom. The number of fused-ring (bicyclic) bond motifs is 1. The summed E-state index contributed by atoms with van der Waals surface area (Å²) in [4.78, 5) is 11.4. The van der Waals surface area contributed by atoms with Crippen molar-refractivity contribution >= 4 is 16.7 Å². The average molecular weight is 409 g/mol. The van der Waals surface area contributed by atoms with E-state index in [1.807, 2.05) is 36.4 Å². The highest BCUT2D eigenvalue weighted by Crippen LogP contribution is 2.38. The molecule has 4 rings (SSSR count). The number of carbonyl (C=O) groups is 1. The Balaban J connectivity index is 1.91. The van der Waals surface area contributed by atoms with Crippen molar-refractivity contribution in [3.63, 3.8) is 0 Å². The third-order valence-electron chi connectivity index (χ3n) is 5.29. The maximum atomic E-state index is 14.0. The molecule has 1 aromatic heterocycles. The quantitative estimate of drug-likeness (QED) is 0.413. The van der Waals surface area contributed by atoms with Gasteiger partial charge < -0.3 is 9.67 Å². The molecule has 0 radical (unpaired) electrons. The molecule has 30 heavy (non-hydrogen) atoms. The molecule has 3 nitrogen and oxygen atoms in total. The molecule has 0 aliphatic heterocycles. The zero-order chi connectivity index (χ0) is 21.6. The first-order valence-electron chi connectivity index (χ1n) is 9.30. The standard InChI is InChI=1S/C24H18F3NO2/c1-14-11-20(23(29)30)15(2)28(14)22-10-9-19(13-21(22)24(25,26)27)18-8-7-16-5-3-4-6-17(16)12-18/h3-13H,1-2H3,(H,29,30). The van der Waals surface area contributed by atoms with Gasteiger partial charge in [-0.2, -0.15) is 13.2 Å². The second-order valence-corrected chi connectivity index (χ2v) is 7.22. The number of benzene rings is 3. The molecule has 0 saturated heterocycles. The van der Waals surface area contributed by atoms with Gasteiger partial charge in [0.1, 0.15) is 0 Å². The zero-order valence-corrected chi connectivity index (χ0v) is 16.3. The van der Waals surface area contributed by atoms with Crippen molar-refractivity contribution in [3.8, 4) is 16.8 Å². The van der Waals surface area contributed by atoms with Gasteiger partial charge in [0.15, 0.2) is 0 Å². The molecule has 0 atom stereocenters. The number of hydrogen-bond acceptors (Lipinski definition) is 1. The molecule has 3 aromatic carbocycles. The molecule has 0 bridgehead atoms. The van der Waals surface area contributed by atoms with Gasteiger partial charge in [-0.25, -0.2) is 4.79 Å². The monoisotopic (exact) mass is 409 g/mol. The zero-order valence-electron chi connectivity index (χ0n) is 16.3. The third-order valence-corrected chi connectivity index (χ3v) is 5.29. The third kappa shape index (κ3) is 3.34. The van der Waals surface area contributed by atoms with Crippen molar-refractivity contribution in [1.82, 2.24) is 4.57 Å². The summed E-state index contributed by atoms with van der Waals surface area (Å²) in [6.45, 7) is 3.10. The first-order chi connectivity index (χ1) is 14.2. The number of carboxylic acids is 1. The summed E-state index contributed by atoms with van der Waals surface area (Å²) in [6, 6.07) is 18.7. The maximum absolute atomic E-state index is 14.0. The first kappa shape index (κ1) is 19.8. The smallest absolute Gasteiger partial charge is 0.418 e. The van der Waals surface area contributed by atoms with Crippen LogP contribution in [0.4, 0.5) is 13.2 Å². The van der Waals surface area contributed by atoms with Crippen molar-refractivity contribution < 1.29 is 23.1 Å². The van der Waals surface area contributed by atoms with Gasteiger partial charge in [0.05, 0.1) is 16.8 Å². The van der Waals surface area contributed by atoms with Gasteiger partial charge in [-0.15, -0.1) is 0 Å². The maximum Gasteiger partial charge on any atom is 0.418 e. The molecule has 152 valence electrons. The minimum absolute atomic E-state index is 0.0146. The summed E-state index contributed by atoms with van der Waals surface area (Å²) in [5.41, 5.74) is 0.883. The van der Waals surface area contributed by atoms with Gasteiger partial charge in [-0.1, -0.05) is 42.5 Å². The van der Waals surface area contributed by atoms with Crippen LogP contribution < -0.4 is 0 Å². The Hall–Kier alpha value is -3.54. The van der Waals surface area contributed by atoms with E-state index in [4.69, 9.17) is 0 Å². The number of aromatic nitrogens is 1. The summed E-state index contributed by atoms with van der Waals surface area (Å²) < 4.78 is 43.3. The number of hydrogen-bond donors (Lipinski definition) is 1. The van der Waals surface area contributed by atoms with E-state index in [1.54, 1.807) is 19.1 Å². The molecular weight excluding hydrogens is 391 g/mol. The van der Waals surface area contributed by atoms with E-state index in [2.05, 4.69) is 0 Å². The molecule has 4 aromatic rings. The lowest BCUT2D eigenvalue weighted by Gasteiger charge is -2.18. The fourth-order valence-corrected chi connectivity index (χ4v) is 3.86. The molecule has 1 heterocycles.